The van der Waals surface area contributed by atoms with Gasteiger partial charge < -0.3 is 5.32 Å². The number of thiophene rings is 1. The summed E-state index contributed by atoms with van der Waals surface area (Å²) in [5.74, 6) is -0.810. The number of halogens is 2. The summed E-state index contributed by atoms with van der Waals surface area (Å²) >= 11 is 7.37. The Hall–Kier alpha value is -1.92. The SMILES string of the molecule is CC1(c2cccs2)NC(=O)N(Cc2ccc(F)cc2Cl)C1=O. The van der Waals surface area contributed by atoms with Crippen molar-refractivity contribution in [2.24, 2.45) is 0 Å². The van der Waals surface area contributed by atoms with E-state index in [0.29, 0.717) is 5.56 Å². The van der Waals surface area contributed by atoms with Crippen LogP contribution >= 0.6 is 22.9 Å². The molecule has 1 unspecified atom stereocenters. The molecule has 7 heteroatoms. The number of nitrogens with one attached hydrogen (secondary N) is 1. The molecule has 22 heavy (non-hydrogen) atoms. The second-order valence-corrected chi connectivity index (χ2v) is 6.51. The van der Waals surface area contributed by atoms with Crippen molar-refractivity contribution in [3.05, 3.63) is 57.0 Å². The Balaban J connectivity index is 1.89. The topological polar surface area (TPSA) is 49.4 Å². The van der Waals surface area contributed by atoms with Crippen LogP contribution in [0.25, 0.3) is 0 Å². The number of rotatable bonds is 3. The van der Waals surface area contributed by atoms with E-state index >= 15 is 0 Å². The van der Waals surface area contributed by atoms with Crippen molar-refractivity contribution in [3.63, 3.8) is 0 Å². The summed E-state index contributed by atoms with van der Waals surface area (Å²) in [6.07, 6.45) is 0. The number of hydrogen-bond acceptors (Lipinski definition) is 3. The Morgan fingerprint density at radius 1 is 1.36 bits per heavy atom. The molecule has 4 nitrogen and oxygen atoms in total. The summed E-state index contributed by atoms with van der Waals surface area (Å²) in [7, 11) is 0. The predicted molar refractivity (Wildman–Crippen MR) is 82.2 cm³/mol. The molecule has 114 valence electrons. The highest BCUT2D eigenvalue weighted by Crippen LogP contribution is 2.33. The van der Waals surface area contributed by atoms with Crippen molar-refractivity contribution < 1.29 is 14.0 Å². The maximum Gasteiger partial charge on any atom is 0.325 e. The Bertz CT molecular complexity index is 750. The summed E-state index contributed by atoms with van der Waals surface area (Å²) < 4.78 is 13.1. The normalized spacial score (nSPS) is 21.3. The van der Waals surface area contributed by atoms with Crippen LogP contribution in [0.1, 0.15) is 17.4 Å². The van der Waals surface area contributed by atoms with Crippen LogP contribution < -0.4 is 5.32 Å². The summed E-state index contributed by atoms with van der Waals surface area (Å²) in [6.45, 7) is 1.68. The minimum absolute atomic E-state index is 0.00471. The molecule has 0 spiro atoms. The summed E-state index contributed by atoms with van der Waals surface area (Å²) in [6, 6.07) is 7.02. The minimum Gasteiger partial charge on any atom is -0.319 e. The third-order valence-electron chi connectivity index (χ3n) is 3.63. The maximum absolute atomic E-state index is 13.1. The Labute approximate surface area is 135 Å². The number of carbonyl (C=O) groups excluding carboxylic acids is 2. The van der Waals surface area contributed by atoms with E-state index in [9.17, 15) is 14.0 Å². The van der Waals surface area contributed by atoms with E-state index in [1.165, 1.54) is 23.5 Å². The van der Waals surface area contributed by atoms with Crippen molar-refractivity contribution in [2.75, 3.05) is 0 Å². The lowest BCUT2D eigenvalue weighted by Crippen LogP contribution is -2.40. The second kappa shape index (κ2) is 5.37. The minimum atomic E-state index is -1.07. The van der Waals surface area contributed by atoms with Crippen molar-refractivity contribution >= 4 is 34.9 Å². The molecule has 1 aromatic carbocycles. The number of benzene rings is 1. The predicted octanol–water partition coefficient (Wildman–Crippen LogP) is 3.51. The van der Waals surface area contributed by atoms with Gasteiger partial charge in [0, 0.05) is 9.90 Å². The van der Waals surface area contributed by atoms with Gasteiger partial charge in [0.25, 0.3) is 5.91 Å². The van der Waals surface area contributed by atoms with Gasteiger partial charge in [-0.2, -0.15) is 0 Å². The number of hydrogen-bond donors (Lipinski definition) is 1. The number of nitrogens with zero attached hydrogens (tertiary/aromatic N) is 1. The van der Waals surface area contributed by atoms with E-state index < -0.39 is 17.4 Å². The van der Waals surface area contributed by atoms with Crippen LogP contribution in [0.5, 0.6) is 0 Å². The van der Waals surface area contributed by atoms with Gasteiger partial charge in [0.1, 0.15) is 5.82 Å². The fourth-order valence-corrected chi connectivity index (χ4v) is 3.45. The molecule has 2 aromatic rings. The standard InChI is InChI=1S/C15H12ClFN2O2S/c1-15(12-3-2-6-22-12)13(20)19(14(21)18-15)8-9-4-5-10(17)7-11(9)16/h2-7H,8H2,1H3,(H,18,21). The van der Waals surface area contributed by atoms with Crippen LogP contribution in [0.4, 0.5) is 9.18 Å². The summed E-state index contributed by atoms with van der Waals surface area (Å²) in [5.41, 5.74) is -0.556. The highest BCUT2D eigenvalue weighted by Gasteiger charge is 2.49. The molecule has 0 aliphatic carbocycles. The average Bonchev–Trinajstić information content (AvgIpc) is 3.06. The second-order valence-electron chi connectivity index (χ2n) is 5.16. The first-order chi connectivity index (χ1) is 10.4. The number of carbonyl (C=O) groups is 2. The zero-order chi connectivity index (χ0) is 15.9. The van der Waals surface area contributed by atoms with Gasteiger partial charge in [-0.1, -0.05) is 23.7 Å². The largest absolute Gasteiger partial charge is 0.325 e. The molecular formula is C15H12ClFN2O2S. The molecule has 1 saturated heterocycles. The van der Waals surface area contributed by atoms with Gasteiger partial charge in [0.2, 0.25) is 0 Å². The van der Waals surface area contributed by atoms with E-state index in [0.717, 1.165) is 15.8 Å². The Morgan fingerprint density at radius 3 is 2.77 bits per heavy atom. The smallest absolute Gasteiger partial charge is 0.319 e. The fourth-order valence-electron chi connectivity index (χ4n) is 2.39. The molecule has 1 aliphatic heterocycles. The van der Waals surface area contributed by atoms with Gasteiger partial charge in [-0.15, -0.1) is 11.3 Å². The van der Waals surface area contributed by atoms with Gasteiger partial charge in [-0.25, -0.2) is 9.18 Å². The molecule has 0 radical (unpaired) electrons. The zero-order valence-corrected chi connectivity index (χ0v) is 13.2. The monoisotopic (exact) mass is 338 g/mol. The molecule has 1 N–H and O–H groups in total. The molecule has 3 amide bonds. The molecule has 1 atom stereocenters. The molecular weight excluding hydrogens is 327 g/mol. The van der Waals surface area contributed by atoms with Crippen LogP contribution in [-0.4, -0.2) is 16.8 Å². The van der Waals surface area contributed by atoms with Crippen LogP contribution in [0, 0.1) is 5.82 Å². The first kappa shape index (κ1) is 15.0. The van der Waals surface area contributed by atoms with Crippen molar-refractivity contribution in [2.45, 2.75) is 19.0 Å². The Kier molecular flexibility index (Phi) is 3.66. The van der Waals surface area contributed by atoms with Crippen molar-refractivity contribution in [1.29, 1.82) is 0 Å². The van der Waals surface area contributed by atoms with Gasteiger partial charge in [-0.3, -0.25) is 9.69 Å². The molecule has 3 rings (SSSR count). The number of urea groups is 1. The lowest BCUT2D eigenvalue weighted by molar-refractivity contribution is -0.131. The molecule has 2 heterocycles. The summed E-state index contributed by atoms with van der Waals surface area (Å²) in [4.78, 5) is 26.7. The molecule has 1 aliphatic rings. The quantitative estimate of drug-likeness (QED) is 0.871. The zero-order valence-electron chi connectivity index (χ0n) is 11.6. The summed E-state index contributed by atoms with van der Waals surface area (Å²) in [5, 5.41) is 4.75. The molecule has 1 fully saturated rings. The average molecular weight is 339 g/mol. The fraction of sp³-hybridized carbons (Fsp3) is 0.200. The van der Waals surface area contributed by atoms with Gasteiger partial charge in [0.15, 0.2) is 5.54 Å². The van der Waals surface area contributed by atoms with Crippen LogP contribution in [0.3, 0.4) is 0 Å². The third-order valence-corrected chi connectivity index (χ3v) is 5.08. The van der Waals surface area contributed by atoms with E-state index in [1.54, 1.807) is 13.0 Å². The highest BCUT2D eigenvalue weighted by atomic mass is 35.5. The molecule has 0 saturated carbocycles. The lowest BCUT2D eigenvalue weighted by Gasteiger charge is -2.20. The van der Waals surface area contributed by atoms with Gasteiger partial charge in [-0.05, 0) is 36.1 Å². The highest BCUT2D eigenvalue weighted by molar-refractivity contribution is 7.10. The van der Waals surface area contributed by atoms with E-state index in [2.05, 4.69) is 5.32 Å². The van der Waals surface area contributed by atoms with E-state index in [4.69, 9.17) is 11.6 Å². The van der Waals surface area contributed by atoms with Crippen LogP contribution in [-0.2, 0) is 16.9 Å². The van der Waals surface area contributed by atoms with Gasteiger partial charge >= 0.3 is 6.03 Å². The molecule has 1 aromatic heterocycles. The maximum atomic E-state index is 13.1. The molecule has 0 bridgehead atoms. The van der Waals surface area contributed by atoms with Crippen LogP contribution in [0.15, 0.2) is 35.7 Å². The first-order valence-corrected chi connectivity index (χ1v) is 7.79. The lowest BCUT2D eigenvalue weighted by atomic mass is 10.0. The van der Waals surface area contributed by atoms with Crippen molar-refractivity contribution in [3.8, 4) is 0 Å². The number of imide groups is 1. The van der Waals surface area contributed by atoms with Gasteiger partial charge in [0.05, 0.1) is 6.54 Å². The Morgan fingerprint density at radius 2 is 2.14 bits per heavy atom. The third kappa shape index (κ3) is 2.38. The number of amides is 3. The van der Waals surface area contributed by atoms with Crippen molar-refractivity contribution in [1.82, 2.24) is 10.2 Å². The van der Waals surface area contributed by atoms with E-state index in [1.807, 2.05) is 11.4 Å². The van der Waals surface area contributed by atoms with E-state index in [-0.39, 0.29) is 17.5 Å². The first-order valence-electron chi connectivity index (χ1n) is 6.54. The van der Waals surface area contributed by atoms with Crippen LogP contribution in [0.2, 0.25) is 5.02 Å².